The molecule has 9 heteroatoms. The predicted molar refractivity (Wildman–Crippen MR) is 152 cm³/mol. The second-order valence-corrected chi connectivity index (χ2v) is 10.5. The number of piperidine rings is 1. The largest absolute Gasteiger partial charge is 0.462 e. The smallest absolute Gasteiger partial charge is 0.407 e. The number of ether oxygens (including phenoxy) is 2. The molecule has 1 fully saturated rings. The summed E-state index contributed by atoms with van der Waals surface area (Å²) in [6, 6.07) is 15.7. The molecule has 0 unspecified atom stereocenters. The van der Waals surface area contributed by atoms with E-state index in [1.807, 2.05) is 69.6 Å². The monoisotopic (exact) mass is 531 g/mol. The van der Waals surface area contributed by atoms with Crippen LogP contribution in [-0.4, -0.2) is 53.4 Å². The first-order valence-corrected chi connectivity index (χ1v) is 13.4. The third kappa shape index (κ3) is 8.17. The molecule has 0 radical (unpaired) electrons. The third-order valence-corrected chi connectivity index (χ3v) is 6.28. The molecule has 206 valence electrons. The highest BCUT2D eigenvalue weighted by atomic mass is 16.6. The van der Waals surface area contributed by atoms with E-state index in [2.05, 4.69) is 25.5 Å². The summed E-state index contributed by atoms with van der Waals surface area (Å²) in [5.41, 5.74) is 3.89. The number of benzene rings is 2. The van der Waals surface area contributed by atoms with Gasteiger partial charge in [0.05, 0.1) is 12.2 Å². The van der Waals surface area contributed by atoms with Gasteiger partial charge in [0.25, 0.3) is 0 Å². The predicted octanol–water partition coefficient (Wildman–Crippen LogP) is 5.43. The number of hydrogen-bond donors (Lipinski definition) is 2. The van der Waals surface area contributed by atoms with Crippen molar-refractivity contribution in [3.05, 3.63) is 72.1 Å². The Hall–Kier alpha value is -4.14. The molecule has 3 aromatic rings. The molecule has 9 nitrogen and oxygen atoms in total. The van der Waals surface area contributed by atoms with Crippen molar-refractivity contribution >= 4 is 23.7 Å². The fourth-order valence-electron chi connectivity index (χ4n) is 4.36. The summed E-state index contributed by atoms with van der Waals surface area (Å²) < 4.78 is 10.4. The number of nitrogens with one attached hydrogen (secondary N) is 2. The van der Waals surface area contributed by atoms with E-state index in [0.29, 0.717) is 24.8 Å². The topological polar surface area (TPSA) is 106 Å². The number of carbonyl (C=O) groups excluding carboxylic acids is 2. The van der Waals surface area contributed by atoms with Crippen molar-refractivity contribution in [1.82, 2.24) is 15.3 Å². The highest BCUT2D eigenvalue weighted by Gasteiger charge is 2.21. The van der Waals surface area contributed by atoms with Crippen LogP contribution in [0.1, 0.15) is 56.5 Å². The summed E-state index contributed by atoms with van der Waals surface area (Å²) in [5.74, 6) is 0.421. The van der Waals surface area contributed by atoms with Gasteiger partial charge in [-0.1, -0.05) is 18.2 Å². The average Bonchev–Trinajstić information content (AvgIpc) is 2.92. The lowest BCUT2D eigenvalue weighted by Crippen LogP contribution is -2.39. The van der Waals surface area contributed by atoms with Crippen molar-refractivity contribution in [2.24, 2.45) is 0 Å². The summed E-state index contributed by atoms with van der Waals surface area (Å²) in [6.45, 7) is 9.76. The maximum absolute atomic E-state index is 12.0. The van der Waals surface area contributed by atoms with E-state index in [-0.39, 0.29) is 5.97 Å². The molecule has 0 saturated carbocycles. The first kappa shape index (κ1) is 27.9. The first-order chi connectivity index (χ1) is 18.7. The third-order valence-electron chi connectivity index (χ3n) is 6.28. The molecule has 0 bridgehead atoms. The van der Waals surface area contributed by atoms with Gasteiger partial charge in [0, 0.05) is 49.3 Å². The molecule has 1 amide bonds. The lowest BCUT2D eigenvalue weighted by molar-refractivity contribution is 0.0514. The molecule has 1 saturated heterocycles. The Morgan fingerprint density at radius 2 is 1.69 bits per heavy atom. The van der Waals surface area contributed by atoms with Crippen LogP contribution < -0.4 is 15.5 Å². The summed E-state index contributed by atoms with van der Waals surface area (Å²) in [5, 5.41) is 6.36. The van der Waals surface area contributed by atoms with Gasteiger partial charge in [-0.25, -0.2) is 19.6 Å². The van der Waals surface area contributed by atoms with Gasteiger partial charge < -0.3 is 25.0 Å². The number of amides is 1. The lowest BCUT2D eigenvalue weighted by atomic mass is 10.0. The van der Waals surface area contributed by atoms with Crippen molar-refractivity contribution in [1.29, 1.82) is 0 Å². The fourth-order valence-corrected chi connectivity index (χ4v) is 4.36. The number of hydrogen-bond acceptors (Lipinski definition) is 8. The number of anilines is 2. The van der Waals surface area contributed by atoms with Crippen molar-refractivity contribution in [2.75, 3.05) is 29.9 Å². The van der Waals surface area contributed by atoms with Gasteiger partial charge in [0.15, 0.2) is 0 Å². The van der Waals surface area contributed by atoms with Crippen LogP contribution >= 0.6 is 0 Å². The molecular formula is C30H37N5O4. The quantitative estimate of drug-likeness (QED) is 0.371. The average molecular weight is 532 g/mol. The lowest BCUT2D eigenvalue weighted by Gasteiger charge is -2.32. The van der Waals surface area contributed by atoms with Gasteiger partial charge in [0.1, 0.15) is 5.60 Å². The number of rotatable bonds is 8. The number of carbonyl (C=O) groups is 2. The maximum Gasteiger partial charge on any atom is 0.407 e. The van der Waals surface area contributed by atoms with Crippen LogP contribution in [-0.2, 0) is 16.0 Å². The Morgan fingerprint density at radius 3 is 2.33 bits per heavy atom. The van der Waals surface area contributed by atoms with Gasteiger partial charge in [0.2, 0.25) is 5.95 Å². The van der Waals surface area contributed by atoms with E-state index >= 15 is 0 Å². The molecule has 39 heavy (non-hydrogen) atoms. The number of alkyl carbamates (subject to hydrolysis) is 1. The number of nitrogens with zero attached hydrogens (tertiary/aromatic N) is 3. The second kappa shape index (κ2) is 12.6. The van der Waals surface area contributed by atoms with Gasteiger partial charge >= 0.3 is 12.1 Å². The standard InChI is InChI=1S/C30H37N5O4/c1-5-38-27(36)22-9-11-25(12-10-22)34-26-13-15-35(16-14-26)28-31-19-24(20-32-28)23-8-6-7-21(17-23)18-33-29(37)39-30(2,3)4/h6-12,17,19-20,26,34H,5,13-16,18H2,1-4H3,(H,33,37). The van der Waals surface area contributed by atoms with Crippen LogP contribution in [0.3, 0.4) is 0 Å². The van der Waals surface area contributed by atoms with Crippen LogP contribution in [0.15, 0.2) is 60.9 Å². The number of esters is 1. The Balaban J connectivity index is 1.28. The molecule has 0 aliphatic carbocycles. The molecule has 0 atom stereocenters. The van der Waals surface area contributed by atoms with Crippen molar-refractivity contribution in [3.8, 4) is 11.1 Å². The van der Waals surface area contributed by atoms with Gasteiger partial charge in [-0.2, -0.15) is 0 Å². The van der Waals surface area contributed by atoms with Crippen LogP contribution in [0.2, 0.25) is 0 Å². The van der Waals surface area contributed by atoms with E-state index in [0.717, 1.165) is 54.3 Å². The van der Waals surface area contributed by atoms with Crippen LogP contribution in [0, 0.1) is 0 Å². The summed E-state index contributed by atoms with van der Waals surface area (Å²) >= 11 is 0. The fraction of sp³-hybridized carbons (Fsp3) is 0.400. The van der Waals surface area contributed by atoms with Crippen molar-refractivity contribution in [3.63, 3.8) is 0 Å². The Morgan fingerprint density at radius 1 is 1.00 bits per heavy atom. The number of aromatic nitrogens is 2. The normalized spacial score (nSPS) is 14.0. The molecular weight excluding hydrogens is 494 g/mol. The summed E-state index contributed by atoms with van der Waals surface area (Å²) in [4.78, 5) is 35.3. The molecule has 2 aromatic carbocycles. The highest BCUT2D eigenvalue weighted by Crippen LogP contribution is 2.23. The zero-order valence-corrected chi connectivity index (χ0v) is 23.1. The van der Waals surface area contributed by atoms with E-state index in [1.165, 1.54) is 0 Å². The van der Waals surface area contributed by atoms with E-state index in [9.17, 15) is 9.59 Å². The van der Waals surface area contributed by atoms with E-state index < -0.39 is 11.7 Å². The molecule has 4 rings (SSSR count). The summed E-state index contributed by atoms with van der Waals surface area (Å²) in [6.07, 6.45) is 5.16. The van der Waals surface area contributed by atoms with Gasteiger partial charge in [-0.05, 0) is 82.0 Å². The van der Waals surface area contributed by atoms with E-state index in [4.69, 9.17) is 9.47 Å². The van der Waals surface area contributed by atoms with Gasteiger partial charge in [-0.3, -0.25) is 0 Å². The minimum atomic E-state index is -0.532. The van der Waals surface area contributed by atoms with Crippen LogP contribution in [0.4, 0.5) is 16.4 Å². The minimum absolute atomic E-state index is 0.300. The molecule has 1 aliphatic rings. The molecule has 1 aromatic heterocycles. The van der Waals surface area contributed by atoms with Crippen LogP contribution in [0.25, 0.3) is 11.1 Å². The SMILES string of the molecule is CCOC(=O)c1ccc(NC2CCN(c3ncc(-c4cccc(CNC(=O)OC(C)(C)C)c4)cn3)CC2)cc1. The second-order valence-electron chi connectivity index (χ2n) is 10.5. The van der Waals surface area contributed by atoms with Crippen molar-refractivity contribution < 1.29 is 19.1 Å². The zero-order chi connectivity index (χ0) is 27.8. The molecule has 2 N–H and O–H groups in total. The molecule has 2 heterocycles. The summed E-state index contributed by atoms with van der Waals surface area (Å²) in [7, 11) is 0. The Kier molecular flexibility index (Phi) is 9.01. The highest BCUT2D eigenvalue weighted by molar-refractivity contribution is 5.89. The minimum Gasteiger partial charge on any atom is -0.462 e. The Bertz CT molecular complexity index is 1250. The first-order valence-electron chi connectivity index (χ1n) is 13.4. The van der Waals surface area contributed by atoms with Crippen LogP contribution in [0.5, 0.6) is 0 Å². The van der Waals surface area contributed by atoms with Gasteiger partial charge in [-0.15, -0.1) is 0 Å². The molecule has 0 spiro atoms. The zero-order valence-electron chi connectivity index (χ0n) is 23.1. The van der Waals surface area contributed by atoms with Crippen molar-refractivity contribution in [2.45, 2.75) is 58.7 Å². The Labute approximate surface area is 229 Å². The van der Waals surface area contributed by atoms with E-state index in [1.54, 1.807) is 19.1 Å². The molecule has 1 aliphatic heterocycles. The maximum atomic E-state index is 12.0.